The number of hydrogen-bond acceptors (Lipinski definition) is 4. The summed E-state index contributed by atoms with van der Waals surface area (Å²) in [7, 11) is 0. The van der Waals surface area contributed by atoms with E-state index < -0.39 is 5.63 Å². The van der Waals surface area contributed by atoms with Crippen LogP contribution in [-0.2, 0) is 4.79 Å². The van der Waals surface area contributed by atoms with Crippen molar-refractivity contribution < 1.29 is 13.9 Å². The fraction of sp³-hybridized carbons (Fsp3) is 0.304. The Hall–Kier alpha value is -3.08. The molecule has 28 heavy (non-hydrogen) atoms. The first-order chi connectivity index (χ1) is 13.6. The molecule has 3 aromatic rings. The van der Waals surface area contributed by atoms with Crippen molar-refractivity contribution in [2.24, 2.45) is 0 Å². The quantitative estimate of drug-likeness (QED) is 0.641. The van der Waals surface area contributed by atoms with Crippen LogP contribution in [0.4, 0.5) is 0 Å². The van der Waals surface area contributed by atoms with E-state index in [-0.39, 0.29) is 12.5 Å². The second kappa shape index (κ2) is 7.89. The van der Waals surface area contributed by atoms with E-state index in [1.807, 2.05) is 54.3 Å². The van der Waals surface area contributed by atoms with Gasteiger partial charge < -0.3 is 14.1 Å². The van der Waals surface area contributed by atoms with Gasteiger partial charge in [-0.15, -0.1) is 0 Å². The van der Waals surface area contributed by atoms with Crippen LogP contribution in [0.5, 0.6) is 5.75 Å². The molecule has 0 saturated carbocycles. The lowest BCUT2D eigenvalue weighted by atomic mass is 10.0. The minimum Gasteiger partial charge on any atom is -0.483 e. The van der Waals surface area contributed by atoms with E-state index >= 15 is 0 Å². The smallest absolute Gasteiger partial charge is 0.336 e. The first kappa shape index (κ1) is 18.3. The van der Waals surface area contributed by atoms with Gasteiger partial charge in [0, 0.05) is 30.1 Å². The number of piperidine rings is 1. The maximum atomic E-state index is 12.4. The summed E-state index contributed by atoms with van der Waals surface area (Å²) >= 11 is 0. The standard InChI is InChI=1S/C23H23NO4/c1-16-20(27-15-21(25)24-12-6-3-7-13-24)11-10-18-19(14-22(26)28-23(16)18)17-8-4-2-5-9-17/h2,4-5,8-11,14H,3,6-7,12-13,15H2,1H3. The number of likely N-dealkylation sites (tertiary alicyclic amines) is 1. The number of rotatable bonds is 4. The van der Waals surface area contributed by atoms with Gasteiger partial charge >= 0.3 is 5.63 Å². The maximum Gasteiger partial charge on any atom is 0.336 e. The molecule has 2 aromatic carbocycles. The molecule has 0 atom stereocenters. The van der Waals surface area contributed by atoms with Gasteiger partial charge in [-0.3, -0.25) is 4.79 Å². The van der Waals surface area contributed by atoms with Crippen LogP contribution >= 0.6 is 0 Å². The van der Waals surface area contributed by atoms with E-state index in [9.17, 15) is 9.59 Å². The van der Waals surface area contributed by atoms with Crippen molar-refractivity contribution in [2.45, 2.75) is 26.2 Å². The Kier molecular flexibility index (Phi) is 5.15. The molecule has 0 N–H and O–H groups in total. The minimum absolute atomic E-state index is 0.00122. The normalized spacial score (nSPS) is 14.2. The molecule has 0 aliphatic carbocycles. The molecule has 5 heteroatoms. The summed E-state index contributed by atoms with van der Waals surface area (Å²) in [4.78, 5) is 26.4. The highest BCUT2D eigenvalue weighted by Crippen LogP contribution is 2.33. The van der Waals surface area contributed by atoms with Gasteiger partial charge in [0.25, 0.3) is 5.91 Å². The third kappa shape index (κ3) is 3.65. The van der Waals surface area contributed by atoms with Gasteiger partial charge in [-0.1, -0.05) is 30.3 Å². The third-order valence-electron chi connectivity index (χ3n) is 5.26. The van der Waals surface area contributed by atoms with Gasteiger partial charge in [-0.2, -0.15) is 0 Å². The van der Waals surface area contributed by atoms with Crippen LogP contribution in [0.2, 0.25) is 0 Å². The molecule has 1 saturated heterocycles. The second-order valence-corrected chi connectivity index (χ2v) is 7.14. The number of benzene rings is 2. The van der Waals surface area contributed by atoms with Gasteiger partial charge in [0.1, 0.15) is 11.3 Å². The van der Waals surface area contributed by atoms with Crippen LogP contribution < -0.4 is 10.4 Å². The first-order valence-corrected chi connectivity index (χ1v) is 9.67. The molecule has 1 aromatic heterocycles. The number of fused-ring (bicyclic) bond motifs is 1. The Bertz CT molecular complexity index is 1050. The molecule has 0 radical (unpaired) electrons. The van der Waals surface area contributed by atoms with Crippen molar-refractivity contribution in [1.29, 1.82) is 0 Å². The highest BCUT2D eigenvalue weighted by molar-refractivity contribution is 5.95. The van der Waals surface area contributed by atoms with Crippen molar-refractivity contribution in [3.8, 4) is 16.9 Å². The highest BCUT2D eigenvalue weighted by atomic mass is 16.5. The van der Waals surface area contributed by atoms with E-state index in [0.717, 1.165) is 48.0 Å². The summed E-state index contributed by atoms with van der Waals surface area (Å²) in [6, 6.07) is 15.0. The van der Waals surface area contributed by atoms with E-state index in [1.54, 1.807) is 0 Å². The zero-order valence-electron chi connectivity index (χ0n) is 15.9. The Morgan fingerprint density at radius 3 is 2.57 bits per heavy atom. The second-order valence-electron chi connectivity index (χ2n) is 7.14. The summed E-state index contributed by atoms with van der Waals surface area (Å²) in [5, 5.41) is 0.845. The van der Waals surface area contributed by atoms with Crippen molar-refractivity contribution in [3.05, 3.63) is 64.5 Å². The topological polar surface area (TPSA) is 59.8 Å². The van der Waals surface area contributed by atoms with E-state index in [1.165, 1.54) is 12.5 Å². The molecule has 1 fully saturated rings. The van der Waals surface area contributed by atoms with Gasteiger partial charge in [-0.25, -0.2) is 4.79 Å². The maximum absolute atomic E-state index is 12.4. The minimum atomic E-state index is -0.406. The highest BCUT2D eigenvalue weighted by Gasteiger charge is 2.18. The number of hydrogen-bond donors (Lipinski definition) is 0. The zero-order chi connectivity index (χ0) is 19.5. The third-order valence-corrected chi connectivity index (χ3v) is 5.26. The lowest BCUT2D eigenvalue weighted by Crippen LogP contribution is -2.38. The molecular weight excluding hydrogens is 354 g/mol. The van der Waals surface area contributed by atoms with Crippen molar-refractivity contribution >= 4 is 16.9 Å². The van der Waals surface area contributed by atoms with Gasteiger partial charge in [-0.05, 0) is 49.4 Å². The fourth-order valence-corrected chi connectivity index (χ4v) is 3.73. The van der Waals surface area contributed by atoms with Gasteiger partial charge in [0.05, 0.1) is 0 Å². The van der Waals surface area contributed by atoms with Gasteiger partial charge in [0.2, 0.25) is 0 Å². The van der Waals surface area contributed by atoms with Crippen molar-refractivity contribution in [1.82, 2.24) is 4.90 Å². The molecule has 1 aliphatic rings. The molecule has 1 aliphatic heterocycles. The molecule has 5 nitrogen and oxygen atoms in total. The predicted octanol–water partition coefficient (Wildman–Crippen LogP) is 4.16. The molecule has 0 bridgehead atoms. The predicted molar refractivity (Wildman–Crippen MR) is 109 cm³/mol. The van der Waals surface area contributed by atoms with Crippen molar-refractivity contribution in [2.75, 3.05) is 19.7 Å². The average molecular weight is 377 g/mol. The lowest BCUT2D eigenvalue weighted by Gasteiger charge is -2.26. The van der Waals surface area contributed by atoms with Crippen LogP contribution in [0.1, 0.15) is 24.8 Å². The lowest BCUT2D eigenvalue weighted by molar-refractivity contribution is -0.134. The van der Waals surface area contributed by atoms with E-state index in [4.69, 9.17) is 9.15 Å². The Morgan fingerprint density at radius 1 is 1.07 bits per heavy atom. The number of amides is 1. The van der Waals surface area contributed by atoms with Crippen LogP contribution in [-0.4, -0.2) is 30.5 Å². The van der Waals surface area contributed by atoms with Crippen LogP contribution in [0.15, 0.2) is 57.7 Å². The molecule has 4 rings (SSSR count). The molecule has 0 unspecified atom stereocenters. The van der Waals surface area contributed by atoms with Crippen molar-refractivity contribution in [3.63, 3.8) is 0 Å². The summed E-state index contributed by atoms with van der Waals surface area (Å²) in [5.41, 5.74) is 2.59. The monoisotopic (exact) mass is 377 g/mol. The number of nitrogens with zero attached hydrogens (tertiary/aromatic N) is 1. The number of aryl methyl sites for hydroxylation is 1. The SMILES string of the molecule is Cc1c(OCC(=O)N2CCCCC2)ccc2c(-c3ccccc3)cc(=O)oc12. The molecule has 144 valence electrons. The number of carbonyl (C=O) groups is 1. The summed E-state index contributed by atoms with van der Waals surface area (Å²) < 4.78 is 11.3. The summed E-state index contributed by atoms with van der Waals surface area (Å²) in [5.74, 6) is 0.560. The van der Waals surface area contributed by atoms with Crippen LogP contribution in [0.25, 0.3) is 22.1 Å². The van der Waals surface area contributed by atoms with Crippen LogP contribution in [0.3, 0.4) is 0 Å². The summed E-state index contributed by atoms with van der Waals surface area (Å²) in [6.45, 7) is 3.44. The molecule has 2 heterocycles. The largest absolute Gasteiger partial charge is 0.483 e. The molecule has 0 spiro atoms. The van der Waals surface area contributed by atoms with E-state index in [2.05, 4.69) is 0 Å². The van der Waals surface area contributed by atoms with Crippen LogP contribution in [0, 0.1) is 6.92 Å². The Morgan fingerprint density at radius 2 is 1.82 bits per heavy atom. The first-order valence-electron chi connectivity index (χ1n) is 9.67. The number of ether oxygens (including phenoxy) is 1. The molecule has 1 amide bonds. The Labute approximate surface area is 163 Å². The zero-order valence-corrected chi connectivity index (χ0v) is 15.9. The average Bonchev–Trinajstić information content (AvgIpc) is 2.74. The summed E-state index contributed by atoms with van der Waals surface area (Å²) in [6.07, 6.45) is 3.28. The Balaban J connectivity index is 1.64. The van der Waals surface area contributed by atoms with E-state index in [0.29, 0.717) is 11.3 Å². The number of carbonyl (C=O) groups excluding carboxylic acids is 1. The molecular formula is C23H23NO4. The van der Waals surface area contributed by atoms with Gasteiger partial charge in [0.15, 0.2) is 6.61 Å². The fourth-order valence-electron chi connectivity index (χ4n) is 3.73.